The maximum atomic E-state index is 12.4. The van der Waals surface area contributed by atoms with Crippen LogP contribution < -0.4 is 10.2 Å². The zero-order chi connectivity index (χ0) is 19.9. The van der Waals surface area contributed by atoms with Gasteiger partial charge in [-0.3, -0.25) is 9.69 Å². The van der Waals surface area contributed by atoms with Gasteiger partial charge < -0.3 is 15.1 Å². The van der Waals surface area contributed by atoms with Crippen LogP contribution in [-0.2, 0) is 6.54 Å². The van der Waals surface area contributed by atoms with E-state index in [1.54, 1.807) is 0 Å². The fraction of sp³-hybridized carbons (Fsp3) is 0.476. The topological polar surface area (TPSA) is 64.6 Å². The minimum Gasteiger partial charge on any atom is -0.354 e. The van der Waals surface area contributed by atoms with Gasteiger partial charge in [-0.15, -0.1) is 0 Å². The Morgan fingerprint density at radius 2 is 1.82 bits per heavy atom. The summed E-state index contributed by atoms with van der Waals surface area (Å²) in [6, 6.07) is 12.4. The van der Waals surface area contributed by atoms with Crippen molar-refractivity contribution >= 4 is 11.7 Å². The predicted molar refractivity (Wildman–Crippen MR) is 112 cm³/mol. The van der Waals surface area contributed by atoms with Crippen molar-refractivity contribution in [3.05, 3.63) is 53.5 Å². The number of anilines is 1. The van der Waals surface area contributed by atoms with Gasteiger partial charge in [0, 0.05) is 51.9 Å². The summed E-state index contributed by atoms with van der Waals surface area (Å²) in [7, 11) is 3.97. The third-order valence-electron chi connectivity index (χ3n) is 4.85. The number of benzene rings is 1. The van der Waals surface area contributed by atoms with Crippen LogP contribution in [0.1, 0.15) is 21.9 Å². The number of nitrogens with one attached hydrogen (secondary N) is 1. The van der Waals surface area contributed by atoms with Crippen molar-refractivity contribution in [3.8, 4) is 0 Å². The molecule has 7 nitrogen and oxygen atoms in total. The van der Waals surface area contributed by atoms with Crippen LogP contribution in [0.25, 0.3) is 0 Å². The molecule has 1 aliphatic heterocycles. The zero-order valence-electron chi connectivity index (χ0n) is 17.1. The molecule has 1 N–H and O–H groups in total. The van der Waals surface area contributed by atoms with Crippen LogP contribution in [0, 0.1) is 6.92 Å². The molecule has 1 aromatic heterocycles. The number of nitrogens with zero attached hydrogens (tertiary/aromatic N) is 5. The van der Waals surface area contributed by atoms with Gasteiger partial charge in [0.1, 0.15) is 17.3 Å². The SMILES string of the molecule is Cc1nc(C(=O)NCCN(C)C)cc(N2CCN(Cc3ccccc3)CC2)n1. The highest BCUT2D eigenvalue weighted by Gasteiger charge is 2.20. The van der Waals surface area contributed by atoms with Crippen LogP contribution in [0.5, 0.6) is 0 Å². The molecular weight excluding hydrogens is 352 g/mol. The number of aryl methyl sites for hydroxylation is 1. The molecule has 0 aliphatic carbocycles. The highest BCUT2D eigenvalue weighted by atomic mass is 16.1. The molecular formula is C21H30N6O. The number of rotatable bonds is 7. The van der Waals surface area contributed by atoms with Crippen LogP contribution in [0.3, 0.4) is 0 Å². The Morgan fingerprint density at radius 3 is 2.50 bits per heavy atom. The van der Waals surface area contributed by atoms with Gasteiger partial charge in [0.2, 0.25) is 0 Å². The minimum absolute atomic E-state index is 0.142. The van der Waals surface area contributed by atoms with Crippen molar-refractivity contribution in [2.45, 2.75) is 13.5 Å². The Labute approximate surface area is 167 Å². The second-order valence-corrected chi connectivity index (χ2v) is 7.47. The first-order valence-corrected chi connectivity index (χ1v) is 9.81. The van der Waals surface area contributed by atoms with Gasteiger partial charge >= 0.3 is 0 Å². The van der Waals surface area contributed by atoms with Gasteiger partial charge in [0.05, 0.1) is 0 Å². The third kappa shape index (κ3) is 5.74. The fourth-order valence-corrected chi connectivity index (χ4v) is 3.29. The fourth-order valence-electron chi connectivity index (χ4n) is 3.29. The van der Waals surface area contributed by atoms with E-state index in [-0.39, 0.29) is 5.91 Å². The lowest BCUT2D eigenvalue weighted by Crippen LogP contribution is -2.46. The Kier molecular flexibility index (Phi) is 6.95. The predicted octanol–water partition coefficient (Wildman–Crippen LogP) is 1.40. The molecule has 150 valence electrons. The van der Waals surface area contributed by atoms with Gasteiger partial charge in [-0.05, 0) is 26.6 Å². The normalized spacial score (nSPS) is 15.1. The highest BCUT2D eigenvalue weighted by molar-refractivity contribution is 5.92. The van der Waals surface area contributed by atoms with Crippen molar-refractivity contribution in [2.75, 3.05) is 58.3 Å². The molecule has 28 heavy (non-hydrogen) atoms. The molecule has 1 aliphatic rings. The van der Waals surface area contributed by atoms with E-state index >= 15 is 0 Å². The quantitative estimate of drug-likeness (QED) is 0.781. The Morgan fingerprint density at radius 1 is 1.11 bits per heavy atom. The summed E-state index contributed by atoms with van der Waals surface area (Å²) in [6.45, 7) is 7.94. The number of hydrogen-bond acceptors (Lipinski definition) is 6. The van der Waals surface area contributed by atoms with Gasteiger partial charge in [0.25, 0.3) is 5.91 Å². The number of carbonyl (C=O) groups is 1. The van der Waals surface area contributed by atoms with Crippen LogP contribution >= 0.6 is 0 Å². The smallest absolute Gasteiger partial charge is 0.270 e. The van der Waals surface area contributed by atoms with Gasteiger partial charge in [-0.25, -0.2) is 9.97 Å². The number of aromatic nitrogens is 2. The summed E-state index contributed by atoms with van der Waals surface area (Å²) in [5, 5.41) is 2.92. The average Bonchev–Trinajstić information content (AvgIpc) is 2.68. The molecule has 2 aromatic rings. The lowest BCUT2D eigenvalue weighted by molar-refractivity contribution is 0.0945. The van der Waals surface area contributed by atoms with E-state index in [2.05, 4.69) is 49.4 Å². The van der Waals surface area contributed by atoms with Crippen LogP contribution in [0.4, 0.5) is 5.82 Å². The van der Waals surface area contributed by atoms with E-state index < -0.39 is 0 Å². The number of piperazine rings is 1. The molecule has 0 unspecified atom stereocenters. The molecule has 3 rings (SSSR count). The molecule has 7 heteroatoms. The maximum absolute atomic E-state index is 12.4. The lowest BCUT2D eigenvalue weighted by Gasteiger charge is -2.35. The average molecular weight is 383 g/mol. The Hall–Kier alpha value is -2.51. The van der Waals surface area contributed by atoms with Crippen LogP contribution in [0.15, 0.2) is 36.4 Å². The first-order valence-electron chi connectivity index (χ1n) is 9.81. The monoisotopic (exact) mass is 382 g/mol. The van der Waals surface area contributed by atoms with Gasteiger partial charge in [-0.2, -0.15) is 0 Å². The van der Waals surface area contributed by atoms with E-state index in [1.807, 2.05) is 38.1 Å². The second-order valence-electron chi connectivity index (χ2n) is 7.47. The summed E-state index contributed by atoms with van der Waals surface area (Å²) in [6.07, 6.45) is 0. The molecule has 1 amide bonds. The van der Waals surface area contributed by atoms with Crippen molar-refractivity contribution in [2.24, 2.45) is 0 Å². The van der Waals surface area contributed by atoms with Crippen molar-refractivity contribution < 1.29 is 4.79 Å². The number of carbonyl (C=O) groups excluding carboxylic acids is 1. The summed E-state index contributed by atoms with van der Waals surface area (Å²) in [5.41, 5.74) is 1.78. The maximum Gasteiger partial charge on any atom is 0.270 e. The van der Waals surface area contributed by atoms with E-state index in [9.17, 15) is 4.79 Å². The van der Waals surface area contributed by atoms with Crippen LogP contribution in [-0.4, -0.2) is 79.0 Å². The number of likely N-dealkylation sites (N-methyl/N-ethyl adjacent to an activating group) is 1. The molecule has 2 heterocycles. The summed E-state index contributed by atoms with van der Waals surface area (Å²) in [4.78, 5) is 28.0. The van der Waals surface area contributed by atoms with Crippen molar-refractivity contribution in [3.63, 3.8) is 0 Å². The van der Waals surface area contributed by atoms with E-state index in [0.717, 1.165) is 45.1 Å². The van der Waals surface area contributed by atoms with Crippen molar-refractivity contribution in [1.29, 1.82) is 0 Å². The largest absolute Gasteiger partial charge is 0.354 e. The third-order valence-corrected chi connectivity index (χ3v) is 4.85. The van der Waals surface area contributed by atoms with Crippen LogP contribution in [0.2, 0.25) is 0 Å². The number of hydrogen-bond donors (Lipinski definition) is 1. The highest BCUT2D eigenvalue weighted by Crippen LogP contribution is 2.16. The lowest BCUT2D eigenvalue weighted by atomic mass is 10.2. The first kappa shape index (κ1) is 20.2. The molecule has 1 saturated heterocycles. The van der Waals surface area contributed by atoms with Gasteiger partial charge in [0.15, 0.2) is 0 Å². The zero-order valence-corrected chi connectivity index (χ0v) is 17.1. The molecule has 1 fully saturated rings. The Bertz CT molecular complexity index is 772. The number of amides is 1. The molecule has 0 radical (unpaired) electrons. The molecule has 1 aromatic carbocycles. The molecule has 0 bridgehead atoms. The minimum atomic E-state index is -0.142. The second kappa shape index (κ2) is 9.61. The van der Waals surface area contributed by atoms with E-state index in [0.29, 0.717) is 18.1 Å². The summed E-state index contributed by atoms with van der Waals surface area (Å²) >= 11 is 0. The molecule has 0 saturated carbocycles. The Balaban J connectivity index is 1.58. The van der Waals surface area contributed by atoms with E-state index in [1.165, 1.54) is 5.56 Å². The van der Waals surface area contributed by atoms with E-state index in [4.69, 9.17) is 0 Å². The molecule has 0 spiro atoms. The first-order chi connectivity index (χ1) is 13.5. The van der Waals surface area contributed by atoms with Crippen molar-refractivity contribution in [1.82, 2.24) is 25.1 Å². The standard InChI is InChI=1S/C21H30N6O/c1-17-23-19(21(28)22-9-10-25(2)3)15-20(24-17)27-13-11-26(12-14-27)16-18-7-5-4-6-8-18/h4-8,15H,9-14,16H2,1-3H3,(H,22,28). The molecule has 0 atom stereocenters. The summed E-state index contributed by atoms with van der Waals surface area (Å²) < 4.78 is 0. The van der Waals surface area contributed by atoms with Gasteiger partial charge in [-0.1, -0.05) is 30.3 Å². The summed E-state index contributed by atoms with van der Waals surface area (Å²) in [5.74, 6) is 1.32.